The maximum atomic E-state index is 11.8. The molecular weight excluding hydrogens is 222 g/mol. The van der Waals surface area contributed by atoms with Crippen LogP contribution in [0.5, 0.6) is 0 Å². The van der Waals surface area contributed by atoms with E-state index in [1.807, 2.05) is 11.0 Å². The lowest BCUT2D eigenvalue weighted by molar-refractivity contribution is -0.127. The summed E-state index contributed by atoms with van der Waals surface area (Å²) >= 11 is 1.49. The zero-order valence-corrected chi connectivity index (χ0v) is 9.87. The van der Waals surface area contributed by atoms with Crippen LogP contribution in [0, 0.1) is 0 Å². The molecule has 0 unspecified atom stereocenters. The molecule has 0 bridgehead atoms. The van der Waals surface area contributed by atoms with Crippen molar-refractivity contribution in [3.05, 3.63) is 18.5 Å². The molecule has 2 N–H and O–H groups in total. The highest BCUT2D eigenvalue weighted by atomic mass is 32.2. The zero-order valence-electron chi connectivity index (χ0n) is 9.06. The number of pyridine rings is 1. The molecular formula is C11H15N3OS. The minimum Gasteiger partial charge on any atom is -0.397 e. The first-order valence-corrected chi connectivity index (χ1v) is 6.36. The van der Waals surface area contributed by atoms with E-state index < -0.39 is 0 Å². The Morgan fingerprint density at radius 3 is 2.94 bits per heavy atom. The van der Waals surface area contributed by atoms with Crippen molar-refractivity contribution in [2.45, 2.75) is 17.7 Å². The third-order valence-corrected chi connectivity index (χ3v) is 3.69. The molecule has 1 aliphatic rings. The monoisotopic (exact) mass is 237 g/mol. The SMILES string of the molecule is Nc1cnccc1SCC(=O)N1CCCC1. The van der Waals surface area contributed by atoms with Crippen molar-refractivity contribution in [2.24, 2.45) is 0 Å². The summed E-state index contributed by atoms with van der Waals surface area (Å²) < 4.78 is 0. The molecule has 1 amide bonds. The molecule has 2 heterocycles. The van der Waals surface area contributed by atoms with Gasteiger partial charge >= 0.3 is 0 Å². The van der Waals surface area contributed by atoms with Crippen molar-refractivity contribution in [1.82, 2.24) is 9.88 Å². The Kier molecular flexibility index (Phi) is 3.66. The van der Waals surface area contributed by atoms with Crippen molar-refractivity contribution in [1.29, 1.82) is 0 Å². The third-order valence-electron chi connectivity index (χ3n) is 2.62. The first kappa shape index (κ1) is 11.3. The van der Waals surface area contributed by atoms with Crippen molar-refractivity contribution < 1.29 is 4.79 Å². The minimum atomic E-state index is 0.207. The Morgan fingerprint density at radius 1 is 1.50 bits per heavy atom. The van der Waals surface area contributed by atoms with E-state index in [1.54, 1.807) is 12.4 Å². The number of hydrogen-bond acceptors (Lipinski definition) is 4. The maximum Gasteiger partial charge on any atom is 0.232 e. The van der Waals surface area contributed by atoms with Crippen LogP contribution in [0.25, 0.3) is 0 Å². The van der Waals surface area contributed by atoms with Crippen molar-refractivity contribution in [3.63, 3.8) is 0 Å². The first-order chi connectivity index (χ1) is 7.77. The van der Waals surface area contributed by atoms with Gasteiger partial charge in [0.25, 0.3) is 0 Å². The lowest BCUT2D eigenvalue weighted by Crippen LogP contribution is -2.29. The Morgan fingerprint density at radius 2 is 2.25 bits per heavy atom. The van der Waals surface area contributed by atoms with Crippen LogP contribution in [-0.4, -0.2) is 34.6 Å². The van der Waals surface area contributed by atoms with Gasteiger partial charge in [0.2, 0.25) is 5.91 Å². The second-order valence-corrected chi connectivity index (χ2v) is 4.81. The number of anilines is 1. The average Bonchev–Trinajstić information content (AvgIpc) is 2.81. The molecule has 1 fully saturated rings. The van der Waals surface area contributed by atoms with Crippen LogP contribution in [0.1, 0.15) is 12.8 Å². The van der Waals surface area contributed by atoms with Gasteiger partial charge in [-0.3, -0.25) is 9.78 Å². The van der Waals surface area contributed by atoms with Crippen LogP contribution >= 0.6 is 11.8 Å². The van der Waals surface area contributed by atoms with E-state index >= 15 is 0 Å². The Bertz CT molecular complexity index is 377. The number of nitrogens with zero attached hydrogens (tertiary/aromatic N) is 2. The molecule has 0 spiro atoms. The van der Waals surface area contributed by atoms with Crippen molar-refractivity contribution in [3.8, 4) is 0 Å². The predicted octanol–water partition coefficient (Wildman–Crippen LogP) is 1.38. The number of carbonyl (C=O) groups is 1. The third kappa shape index (κ3) is 2.66. The standard InChI is InChI=1S/C11H15N3OS/c12-9-7-13-4-3-10(9)16-8-11(15)14-5-1-2-6-14/h3-4,7H,1-2,5-6,8,12H2. The number of nitrogens with two attached hydrogens (primary N) is 1. The number of hydrogen-bond donors (Lipinski definition) is 1. The highest BCUT2D eigenvalue weighted by Gasteiger charge is 2.17. The molecule has 1 aromatic rings. The second-order valence-electron chi connectivity index (χ2n) is 3.79. The molecule has 16 heavy (non-hydrogen) atoms. The summed E-state index contributed by atoms with van der Waals surface area (Å²) in [5.41, 5.74) is 6.39. The van der Waals surface area contributed by atoms with Crippen molar-refractivity contribution >= 4 is 23.4 Å². The van der Waals surface area contributed by atoms with Gasteiger partial charge in [0, 0.05) is 24.2 Å². The lowest BCUT2D eigenvalue weighted by atomic mass is 10.4. The summed E-state index contributed by atoms with van der Waals surface area (Å²) in [5.74, 6) is 0.674. The van der Waals surface area contributed by atoms with Crippen LogP contribution in [-0.2, 0) is 4.79 Å². The maximum absolute atomic E-state index is 11.8. The molecule has 0 aromatic carbocycles. The number of carbonyl (C=O) groups excluding carboxylic acids is 1. The topological polar surface area (TPSA) is 59.2 Å². The average molecular weight is 237 g/mol. The smallest absolute Gasteiger partial charge is 0.232 e. The van der Waals surface area contributed by atoms with E-state index in [1.165, 1.54) is 11.8 Å². The van der Waals surface area contributed by atoms with Gasteiger partial charge in [0.1, 0.15) is 0 Å². The molecule has 0 atom stereocenters. The summed E-state index contributed by atoms with van der Waals surface area (Å²) in [6.07, 6.45) is 5.57. The molecule has 4 nitrogen and oxygen atoms in total. The van der Waals surface area contributed by atoms with Crippen LogP contribution in [0.3, 0.4) is 0 Å². The van der Waals surface area contributed by atoms with E-state index in [9.17, 15) is 4.79 Å². The van der Waals surface area contributed by atoms with Gasteiger partial charge in [-0.25, -0.2) is 0 Å². The number of rotatable bonds is 3. The van der Waals surface area contributed by atoms with Gasteiger partial charge in [-0.2, -0.15) is 0 Å². The highest BCUT2D eigenvalue weighted by molar-refractivity contribution is 8.00. The van der Waals surface area contributed by atoms with E-state index in [0.29, 0.717) is 11.4 Å². The summed E-state index contributed by atoms with van der Waals surface area (Å²) in [4.78, 5) is 18.5. The lowest BCUT2D eigenvalue weighted by Gasteiger charge is -2.14. The van der Waals surface area contributed by atoms with E-state index in [0.717, 1.165) is 30.8 Å². The molecule has 5 heteroatoms. The number of aromatic nitrogens is 1. The largest absolute Gasteiger partial charge is 0.397 e. The molecule has 0 aliphatic carbocycles. The van der Waals surface area contributed by atoms with E-state index in [4.69, 9.17) is 5.73 Å². The predicted molar refractivity (Wildman–Crippen MR) is 65.2 cm³/mol. The Hall–Kier alpha value is -1.23. The molecule has 1 aromatic heterocycles. The van der Waals surface area contributed by atoms with Crippen LogP contribution < -0.4 is 5.73 Å². The van der Waals surface area contributed by atoms with Crippen LogP contribution in [0.4, 0.5) is 5.69 Å². The summed E-state index contributed by atoms with van der Waals surface area (Å²) in [5, 5.41) is 0. The molecule has 2 rings (SSSR count). The van der Waals surface area contributed by atoms with Gasteiger partial charge < -0.3 is 10.6 Å². The summed E-state index contributed by atoms with van der Waals surface area (Å²) in [6, 6.07) is 1.84. The molecule has 1 saturated heterocycles. The fourth-order valence-corrected chi connectivity index (χ4v) is 2.56. The highest BCUT2D eigenvalue weighted by Crippen LogP contribution is 2.24. The van der Waals surface area contributed by atoms with Gasteiger partial charge in [-0.05, 0) is 18.9 Å². The Labute approximate surface area is 99.2 Å². The van der Waals surface area contributed by atoms with E-state index in [-0.39, 0.29) is 5.91 Å². The summed E-state index contributed by atoms with van der Waals surface area (Å²) in [7, 11) is 0. The molecule has 0 saturated carbocycles. The first-order valence-electron chi connectivity index (χ1n) is 5.37. The minimum absolute atomic E-state index is 0.207. The zero-order chi connectivity index (χ0) is 11.4. The van der Waals surface area contributed by atoms with Crippen molar-refractivity contribution in [2.75, 3.05) is 24.6 Å². The van der Waals surface area contributed by atoms with Gasteiger partial charge in [-0.15, -0.1) is 11.8 Å². The fourth-order valence-electron chi connectivity index (χ4n) is 1.72. The quantitative estimate of drug-likeness (QED) is 0.807. The molecule has 86 valence electrons. The summed E-state index contributed by atoms with van der Waals surface area (Å²) in [6.45, 7) is 1.82. The normalized spacial score (nSPS) is 15.4. The second kappa shape index (κ2) is 5.21. The Balaban J connectivity index is 1.87. The van der Waals surface area contributed by atoms with Gasteiger partial charge in [-0.1, -0.05) is 0 Å². The van der Waals surface area contributed by atoms with E-state index in [2.05, 4.69) is 4.98 Å². The van der Waals surface area contributed by atoms with Crippen LogP contribution in [0.15, 0.2) is 23.4 Å². The van der Waals surface area contributed by atoms with Gasteiger partial charge in [0.05, 0.1) is 17.6 Å². The number of nitrogen functional groups attached to an aromatic ring is 1. The van der Waals surface area contributed by atoms with Gasteiger partial charge in [0.15, 0.2) is 0 Å². The molecule has 0 radical (unpaired) electrons. The fraction of sp³-hybridized carbons (Fsp3) is 0.455. The number of likely N-dealkylation sites (tertiary alicyclic amines) is 1. The number of amides is 1. The number of thioether (sulfide) groups is 1. The van der Waals surface area contributed by atoms with Crippen LogP contribution in [0.2, 0.25) is 0 Å². The molecule has 1 aliphatic heterocycles.